The van der Waals surface area contributed by atoms with Crippen molar-refractivity contribution in [1.82, 2.24) is 39.9 Å². The van der Waals surface area contributed by atoms with E-state index in [0.717, 1.165) is 0 Å². The molecule has 0 saturated carbocycles. The van der Waals surface area contributed by atoms with Crippen LogP contribution in [0.5, 0.6) is 23.0 Å². The first-order chi connectivity index (χ1) is 51.0. The number of hydrogen-bond acceptors (Lipinski definition) is 16. The second-order valence-corrected chi connectivity index (χ2v) is 25.0. The average molecular weight is 1380 g/mol. The lowest BCUT2D eigenvalue weighted by atomic mass is 9.90. The number of carbonyl (C=O) groups is 4. The number of carbonyl (C=O) groups excluding carboxylic acids is 4. The van der Waals surface area contributed by atoms with E-state index in [1.165, 1.54) is 0 Å². The summed E-state index contributed by atoms with van der Waals surface area (Å²) in [6.07, 6.45) is 16.2. The van der Waals surface area contributed by atoms with Crippen LogP contribution >= 0.6 is 0 Å². The first kappa shape index (κ1) is 69.6. The molecule has 20 nitrogen and oxygen atoms in total. The summed E-state index contributed by atoms with van der Waals surface area (Å²) in [5, 5.41) is 13.0. The normalized spacial score (nSPS) is 11.6. The van der Waals surface area contributed by atoms with E-state index in [0.29, 0.717) is 210 Å². The van der Waals surface area contributed by atoms with Gasteiger partial charge in [0.1, 0.15) is 23.0 Å². The lowest BCUT2D eigenvalue weighted by Gasteiger charge is -2.25. The van der Waals surface area contributed by atoms with Crippen molar-refractivity contribution >= 4 is 46.4 Å². The molecule has 1 aliphatic rings. The number of fused-ring (bicyclic) bond motifs is 8. The van der Waals surface area contributed by atoms with Crippen molar-refractivity contribution in [3.05, 3.63) is 286 Å². The van der Waals surface area contributed by atoms with Crippen LogP contribution in [0.4, 0.5) is 22.7 Å². The third-order valence-electron chi connectivity index (χ3n) is 17.1. The maximum Gasteiger partial charge on any atom is 0.255 e. The van der Waals surface area contributed by atoms with E-state index in [1.807, 2.05) is 149 Å². The van der Waals surface area contributed by atoms with Crippen molar-refractivity contribution in [2.45, 2.75) is 79.1 Å². The van der Waals surface area contributed by atoms with Crippen molar-refractivity contribution in [3.8, 4) is 68.5 Å². The predicted molar refractivity (Wildman–Crippen MR) is 402 cm³/mol. The van der Waals surface area contributed by atoms with Gasteiger partial charge >= 0.3 is 0 Å². The lowest BCUT2D eigenvalue weighted by Crippen LogP contribution is -2.16. The molecule has 4 aromatic carbocycles. The summed E-state index contributed by atoms with van der Waals surface area (Å²) in [7, 11) is 0. The Labute approximate surface area is 602 Å². The maximum atomic E-state index is 14.9. The molecule has 4 N–H and O–H groups in total. The van der Waals surface area contributed by atoms with E-state index in [9.17, 15) is 19.2 Å². The van der Waals surface area contributed by atoms with Gasteiger partial charge in [0.2, 0.25) is 0 Å². The van der Waals surface area contributed by atoms with E-state index >= 15 is 0 Å². The zero-order valence-electron chi connectivity index (χ0n) is 58.1. The molecule has 0 radical (unpaired) electrons. The molecule has 20 heteroatoms. The molecule has 8 heterocycles. The third kappa shape index (κ3) is 16.8. The van der Waals surface area contributed by atoms with Gasteiger partial charge in [-0.2, -0.15) is 0 Å². The van der Waals surface area contributed by atoms with Crippen molar-refractivity contribution in [1.29, 1.82) is 0 Å². The second kappa shape index (κ2) is 33.1. The number of amides is 4. The van der Waals surface area contributed by atoms with Gasteiger partial charge in [-0.1, -0.05) is 52.0 Å². The highest BCUT2D eigenvalue weighted by atomic mass is 16.5. The topological polar surface area (TPSA) is 256 Å². The third-order valence-corrected chi connectivity index (χ3v) is 17.1. The zero-order valence-corrected chi connectivity index (χ0v) is 58.1. The number of hydrogen-bond donors (Lipinski definition) is 4. The molecule has 0 spiro atoms. The second-order valence-electron chi connectivity index (χ2n) is 25.0. The molecule has 0 unspecified atom stereocenters. The molecule has 0 fully saturated rings. The Bertz CT molecular complexity index is 4360. The van der Waals surface area contributed by atoms with E-state index < -0.39 is 23.6 Å². The molecule has 104 heavy (non-hydrogen) atoms. The number of nitrogens with one attached hydrogen (secondary N) is 4. The van der Waals surface area contributed by atoms with Gasteiger partial charge in [-0.15, -0.1) is 0 Å². The molecule has 12 aromatic rings. The Morgan fingerprint density at radius 1 is 0.269 bits per heavy atom. The van der Waals surface area contributed by atoms with E-state index in [4.69, 9.17) is 18.9 Å². The number of anilines is 4. The van der Waals surface area contributed by atoms with Crippen molar-refractivity contribution in [2.24, 2.45) is 0 Å². The summed E-state index contributed by atoms with van der Waals surface area (Å²) in [4.78, 5) is 95.9. The molecule has 0 aliphatic heterocycles. The van der Waals surface area contributed by atoms with Crippen molar-refractivity contribution < 1.29 is 38.1 Å². The van der Waals surface area contributed by atoms with E-state index in [-0.39, 0.29) is 25.7 Å². The molecule has 4 amide bonds. The molecular formula is C84H76N12O8. The standard InChI is InChI=1S/C84H76N12O8/c1-5-33-101-77-57-37-59-43-66(94-82(98)54-22-30-90-74(50-54)70-18-10-14-26-86-70)45-61(78(59)102-34-6-2)39-63-47-68(96-84(100)56-24-32-92-76(52-56)72-20-12-16-28-88-72)48-64(80(63)104-36-8-4)40-62-46-67(95-83(99)55-23-31-91-75(51-55)71-19-11-15-27-87-71)44-60(79(62)103-35-7-3)38-58(77)42-65(41-57)93-81(97)53-21-29-89-73(49-53)69-17-9-13-25-85-69/h9-32,41-52H,5-8,33-40H2,1-4H3,(H,93,97)(H,94,98)(H,95,99)(H,96,100). The summed E-state index contributed by atoms with van der Waals surface area (Å²) >= 11 is 0. The summed E-state index contributed by atoms with van der Waals surface area (Å²) < 4.78 is 28.1. The van der Waals surface area contributed by atoms with Crippen LogP contribution in [0.25, 0.3) is 45.6 Å². The quantitative estimate of drug-likeness (QED) is 0.0438. The Hall–Kier alpha value is -12.8. The van der Waals surface area contributed by atoms with Gasteiger partial charge in [0, 0.05) is 165 Å². The summed E-state index contributed by atoms with van der Waals surface area (Å²) in [6, 6.07) is 50.9. The van der Waals surface area contributed by atoms with Crippen LogP contribution in [0, 0.1) is 0 Å². The monoisotopic (exact) mass is 1380 g/mol. The van der Waals surface area contributed by atoms with Crippen LogP contribution in [-0.4, -0.2) is 89.9 Å². The van der Waals surface area contributed by atoms with Crippen LogP contribution in [0.2, 0.25) is 0 Å². The molecule has 8 aromatic heterocycles. The number of pyridine rings is 8. The molecule has 8 bridgehead atoms. The SMILES string of the molecule is CCCOc1c2cc(NC(=O)c3ccnc(-c4ccccn4)c3)cc1Cc1cc(NC(=O)c3ccnc(-c4ccccn4)c3)cc(c1OCCC)Cc1cc(NC(=O)c3ccnc(-c4ccccn4)c3)cc(c1OCCC)Cc1cc(NC(=O)c3ccnc(-c4ccccn4)c3)cc(c1OCCC)C2. The highest BCUT2D eigenvalue weighted by molar-refractivity contribution is 6.07. The lowest BCUT2D eigenvalue weighted by molar-refractivity contribution is 0.101. The average Bonchev–Trinajstić information content (AvgIpc) is 0.770. The molecule has 1 aliphatic carbocycles. The molecule has 520 valence electrons. The Morgan fingerprint density at radius 3 is 0.654 bits per heavy atom. The van der Waals surface area contributed by atoms with Gasteiger partial charge in [-0.05, 0) is 171 Å². The molecule has 13 rings (SSSR count). The summed E-state index contributed by atoms with van der Waals surface area (Å²) in [6.45, 7) is 9.43. The van der Waals surface area contributed by atoms with Gasteiger partial charge in [0.25, 0.3) is 23.6 Å². The fraction of sp³-hybridized carbons (Fsp3) is 0.190. The van der Waals surface area contributed by atoms with Crippen LogP contribution in [0.15, 0.2) is 219 Å². The Kier molecular flexibility index (Phi) is 22.2. The van der Waals surface area contributed by atoms with E-state index in [1.54, 1.807) is 98.1 Å². The first-order valence-corrected chi connectivity index (χ1v) is 34.9. The summed E-state index contributed by atoms with van der Waals surface area (Å²) in [5.41, 5.74) is 13.1. The Morgan fingerprint density at radius 2 is 0.471 bits per heavy atom. The first-order valence-electron chi connectivity index (χ1n) is 34.9. The number of benzene rings is 4. The van der Waals surface area contributed by atoms with E-state index in [2.05, 4.69) is 61.1 Å². The van der Waals surface area contributed by atoms with Gasteiger partial charge < -0.3 is 40.2 Å². The van der Waals surface area contributed by atoms with Crippen LogP contribution < -0.4 is 40.2 Å². The number of nitrogens with zero attached hydrogens (tertiary/aromatic N) is 8. The van der Waals surface area contributed by atoms with Crippen molar-refractivity contribution in [3.63, 3.8) is 0 Å². The number of aromatic nitrogens is 8. The minimum absolute atomic E-state index is 0.142. The predicted octanol–water partition coefficient (Wildman–Crippen LogP) is 16.4. The highest BCUT2D eigenvalue weighted by Gasteiger charge is 2.27. The molecule has 0 saturated heterocycles. The number of ether oxygens (including phenoxy) is 4. The van der Waals surface area contributed by atoms with Crippen LogP contribution in [0.1, 0.15) is 139 Å². The Balaban J connectivity index is 1.03. The van der Waals surface area contributed by atoms with Gasteiger partial charge in [-0.25, -0.2) is 0 Å². The van der Waals surface area contributed by atoms with Gasteiger partial charge in [0.15, 0.2) is 0 Å². The van der Waals surface area contributed by atoms with Crippen LogP contribution in [0.3, 0.4) is 0 Å². The van der Waals surface area contributed by atoms with Crippen molar-refractivity contribution in [2.75, 3.05) is 47.7 Å². The van der Waals surface area contributed by atoms with Crippen LogP contribution in [-0.2, 0) is 25.7 Å². The highest BCUT2D eigenvalue weighted by Crippen LogP contribution is 2.44. The fourth-order valence-electron chi connectivity index (χ4n) is 12.5. The molecular weight excluding hydrogens is 1300 g/mol. The number of rotatable bonds is 24. The minimum atomic E-state index is -0.402. The maximum absolute atomic E-state index is 14.9. The fourth-order valence-corrected chi connectivity index (χ4v) is 12.5. The van der Waals surface area contributed by atoms with Gasteiger partial charge in [0.05, 0.1) is 72.0 Å². The smallest absolute Gasteiger partial charge is 0.255 e. The zero-order chi connectivity index (χ0) is 71.7. The van der Waals surface area contributed by atoms with Gasteiger partial charge in [-0.3, -0.25) is 59.0 Å². The largest absolute Gasteiger partial charge is 0.493 e. The summed E-state index contributed by atoms with van der Waals surface area (Å²) in [5.74, 6) is 0.590. The minimum Gasteiger partial charge on any atom is -0.493 e. The molecule has 0 atom stereocenters.